The quantitative estimate of drug-likeness (QED) is 0.371. The number of ether oxygens (including phenoxy) is 1. The van der Waals surface area contributed by atoms with Crippen LogP contribution in [0.1, 0.15) is 17.5 Å². The van der Waals surface area contributed by atoms with Gasteiger partial charge in [0.2, 0.25) is 0 Å². The van der Waals surface area contributed by atoms with Crippen LogP contribution >= 0.6 is 0 Å². The zero-order valence-corrected chi connectivity index (χ0v) is 20.4. The van der Waals surface area contributed by atoms with E-state index < -0.39 is 28.3 Å². The van der Waals surface area contributed by atoms with Gasteiger partial charge in [-0.05, 0) is 31.6 Å². The minimum atomic E-state index is -3.11. The first kappa shape index (κ1) is 24.4. The number of hydrogen-bond acceptors (Lipinski definition) is 6. The normalized spacial score (nSPS) is 16.9. The Labute approximate surface area is 204 Å². The van der Waals surface area contributed by atoms with Crippen LogP contribution < -0.4 is 0 Å². The van der Waals surface area contributed by atoms with E-state index in [4.69, 9.17) is 9.84 Å². The van der Waals surface area contributed by atoms with Crippen molar-refractivity contribution in [3.05, 3.63) is 78.0 Å². The highest BCUT2D eigenvalue weighted by Gasteiger charge is 2.32. The molecule has 0 saturated carbocycles. The number of carbonyl (C=O) groups is 2. The van der Waals surface area contributed by atoms with Crippen molar-refractivity contribution in [1.29, 1.82) is 0 Å². The molecule has 1 atom stereocenters. The lowest BCUT2D eigenvalue weighted by Gasteiger charge is -2.22. The summed E-state index contributed by atoms with van der Waals surface area (Å²) >= 11 is 0. The van der Waals surface area contributed by atoms with Crippen LogP contribution in [0.2, 0.25) is 0 Å². The number of benzene rings is 2. The fourth-order valence-electron chi connectivity index (χ4n) is 3.88. The van der Waals surface area contributed by atoms with Gasteiger partial charge in [-0.3, -0.25) is 4.79 Å². The Hall–Kier alpha value is -3.72. The smallest absolute Gasteiger partial charge is 0.331 e. The van der Waals surface area contributed by atoms with Gasteiger partial charge in [-0.15, -0.1) is 0 Å². The van der Waals surface area contributed by atoms with E-state index in [0.717, 1.165) is 16.8 Å². The molecule has 1 saturated heterocycles. The molecule has 0 aliphatic carbocycles. The zero-order valence-electron chi connectivity index (χ0n) is 19.6. The summed E-state index contributed by atoms with van der Waals surface area (Å²) in [6.45, 7) is 1.55. The van der Waals surface area contributed by atoms with Gasteiger partial charge in [0.05, 0.1) is 22.9 Å². The maximum absolute atomic E-state index is 12.4. The molecule has 2 aromatic carbocycles. The van der Waals surface area contributed by atoms with Gasteiger partial charge in [0.25, 0.3) is 5.91 Å². The van der Waals surface area contributed by atoms with Crippen LogP contribution in [-0.4, -0.2) is 66.2 Å². The number of carbonyl (C=O) groups excluding carboxylic acids is 2. The number of esters is 1. The minimum Gasteiger partial charge on any atom is -0.452 e. The van der Waals surface area contributed by atoms with E-state index in [1.165, 1.54) is 18.0 Å². The SMILES string of the molecule is Cc1ccc(-c2nn(-c3ccccc3)cc2C=CC(=O)OCC(=O)N(C)C2CCS(=O)(=O)C2)cc1. The maximum Gasteiger partial charge on any atom is 0.331 e. The highest BCUT2D eigenvalue weighted by molar-refractivity contribution is 7.91. The molecule has 35 heavy (non-hydrogen) atoms. The Kier molecular flexibility index (Phi) is 7.16. The third-order valence-corrected chi connectivity index (χ3v) is 7.73. The van der Waals surface area contributed by atoms with E-state index in [1.54, 1.807) is 10.8 Å². The Morgan fingerprint density at radius 2 is 1.86 bits per heavy atom. The second kappa shape index (κ2) is 10.3. The van der Waals surface area contributed by atoms with Crippen molar-refractivity contribution in [2.45, 2.75) is 19.4 Å². The lowest BCUT2D eigenvalue weighted by molar-refractivity contribution is -0.148. The monoisotopic (exact) mass is 493 g/mol. The van der Waals surface area contributed by atoms with Crippen molar-refractivity contribution >= 4 is 27.8 Å². The van der Waals surface area contributed by atoms with Gasteiger partial charge in [0, 0.05) is 36.5 Å². The highest BCUT2D eigenvalue weighted by atomic mass is 32.2. The van der Waals surface area contributed by atoms with E-state index in [9.17, 15) is 18.0 Å². The number of likely N-dealkylation sites (N-methyl/N-ethyl adjacent to an activating group) is 1. The fourth-order valence-corrected chi connectivity index (χ4v) is 5.66. The number of para-hydroxylation sites is 1. The summed E-state index contributed by atoms with van der Waals surface area (Å²) in [6.07, 6.45) is 5.10. The molecule has 1 fully saturated rings. The molecule has 1 aliphatic heterocycles. The standard InChI is InChI=1S/C26H27N3O5S/c1-19-8-10-20(11-9-19)26-21(16-29(27-26)22-6-4-3-5-7-22)12-13-25(31)34-17-24(30)28(2)23-14-15-35(32,33)18-23/h3-13,16,23H,14-15,17-18H2,1-2H3. The van der Waals surface area contributed by atoms with Gasteiger partial charge in [0.1, 0.15) is 0 Å². The predicted octanol–water partition coefficient (Wildman–Crippen LogP) is 3.05. The number of aryl methyl sites for hydroxylation is 1. The number of nitrogens with zero attached hydrogens (tertiary/aromatic N) is 3. The van der Waals surface area contributed by atoms with Crippen LogP contribution in [0.25, 0.3) is 23.0 Å². The van der Waals surface area contributed by atoms with Crippen molar-refractivity contribution in [1.82, 2.24) is 14.7 Å². The molecule has 1 aromatic heterocycles. The summed E-state index contributed by atoms with van der Waals surface area (Å²) in [5.41, 5.74) is 4.33. The average Bonchev–Trinajstić information content (AvgIpc) is 3.45. The highest BCUT2D eigenvalue weighted by Crippen LogP contribution is 2.25. The van der Waals surface area contributed by atoms with Crippen LogP contribution in [0.15, 0.2) is 66.9 Å². The molecule has 1 unspecified atom stereocenters. The third-order valence-electron chi connectivity index (χ3n) is 5.97. The molecule has 182 valence electrons. The molecule has 0 spiro atoms. The van der Waals surface area contributed by atoms with Crippen molar-refractivity contribution < 1.29 is 22.7 Å². The van der Waals surface area contributed by atoms with Gasteiger partial charge in [0.15, 0.2) is 16.4 Å². The van der Waals surface area contributed by atoms with Gasteiger partial charge in [-0.2, -0.15) is 5.10 Å². The zero-order chi connectivity index (χ0) is 25.0. The predicted molar refractivity (Wildman–Crippen MR) is 134 cm³/mol. The first-order chi connectivity index (χ1) is 16.7. The Morgan fingerprint density at radius 3 is 2.51 bits per heavy atom. The van der Waals surface area contributed by atoms with Crippen molar-refractivity contribution in [2.24, 2.45) is 0 Å². The molecule has 0 bridgehead atoms. The summed E-state index contributed by atoms with van der Waals surface area (Å²) in [6, 6.07) is 17.2. The van der Waals surface area contributed by atoms with Crippen LogP contribution in [0, 0.1) is 6.92 Å². The number of amides is 1. The lowest BCUT2D eigenvalue weighted by atomic mass is 10.1. The Bertz CT molecular complexity index is 1350. The van der Waals surface area contributed by atoms with E-state index >= 15 is 0 Å². The maximum atomic E-state index is 12.4. The first-order valence-electron chi connectivity index (χ1n) is 11.2. The van der Waals surface area contributed by atoms with Crippen molar-refractivity contribution in [3.8, 4) is 16.9 Å². The van der Waals surface area contributed by atoms with Gasteiger partial charge in [-0.1, -0.05) is 48.0 Å². The summed E-state index contributed by atoms with van der Waals surface area (Å²) in [4.78, 5) is 26.0. The number of rotatable bonds is 7. The molecule has 8 nitrogen and oxygen atoms in total. The Balaban J connectivity index is 1.46. The van der Waals surface area contributed by atoms with Crippen LogP contribution in [0.5, 0.6) is 0 Å². The largest absolute Gasteiger partial charge is 0.452 e. The molecule has 1 amide bonds. The minimum absolute atomic E-state index is 0.0592. The van der Waals surface area contributed by atoms with E-state index in [1.807, 2.05) is 67.7 Å². The lowest BCUT2D eigenvalue weighted by Crippen LogP contribution is -2.40. The van der Waals surface area contributed by atoms with Gasteiger partial charge in [-0.25, -0.2) is 17.9 Å². The van der Waals surface area contributed by atoms with E-state index in [-0.39, 0.29) is 17.5 Å². The number of hydrogen-bond donors (Lipinski definition) is 0. The van der Waals surface area contributed by atoms with E-state index in [2.05, 4.69) is 0 Å². The summed E-state index contributed by atoms with van der Waals surface area (Å²) < 4.78 is 30.2. The topological polar surface area (TPSA) is 98.6 Å². The number of aromatic nitrogens is 2. The third kappa shape index (κ3) is 6.05. The van der Waals surface area contributed by atoms with Crippen LogP contribution in [0.4, 0.5) is 0 Å². The number of sulfone groups is 1. The molecule has 0 N–H and O–H groups in total. The van der Waals surface area contributed by atoms with Gasteiger partial charge < -0.3 is 9.64 Å². The second-order valence-corrected chi connectivity index (χ2v) is 10.8. The second-order valence-electron chi connectivity index (χ2n) is 8.58. The molecule has 4 rings (SSSR count). The Morgan fingerprint density at radius 1 is 1.14 bits per heavy atom. The first-order valence-corrected chi connectivity index (χ1v) is 13.1. The van der Waals surface area contributed by atoms with Crippen molar-refractivity contribution in [3.63, 3.8) is 0 Å². The molecule has 2 heterocycles. The van der Waals surface area contributed by atoms with Crippen molar-refractivity contribution in [2.75, 3.05) is 25.2 Å². The summed E-state index contributed by atoms with van der Waals surface area (Å²) in [7, 11) is -1.58. The molecular weight excluding hydrogens is 466 g/mol. The summed E-state index contributed by atoms with van der Waals surface area (Å²) in [5, 5.41) is 4.71. The van der Waals surface area contributed by atoms with Gasteiger partial charge >= 0.3 is 5.97 Å². The molecule has 3 aromatic rings. The average molecular weight is 494 g/mol. The molecule has 9 heteroatoms. The van der Waals surface area contributed by atoms with Crippen LogP contribution in [-0.2, 0) is 24.2 Å². The fraction of sp³-hybridized carbons (Fsp3) is 0.269. The summed E-state index contributed by atoms with van der Waals surface area (Å²) in [5.74, 6) is -1.10. The van der Waals surface area contributed by atoms with E-state index in [0.29, 0.717) is 17.7 Å². The molecule has 0 radical (unpaired) electrons. The molecule has 1 aliphatic rings. The van der Waals surface area contributed by atoms with Crippen LogP contribution in [0.3, 0.4) is 0 Å². The molecular formula is C26H27N3O5S.